The summed E-state index contributed by atoms with van der Waals surface area (Å²) in [6.45, 7) is 0.556. The molecule has 0 atom stereocenters. The van der Waals surface area contributed by atoms with E-state index in [0.29, 0.717) is 12.2 Å². The molecule has 0 aliphatic rings. The fourth-order valence-corrected chi connectivity index (χ4v) is 2.44. The first-order chi connectivity index (χ1) is 11.8. The molecule has 1 aromatic carbocycles. The van der Waals surface area contributed by atoms with Gasteiger partial charge in [-0.05, 0) is 30.3 Å². The summed E-state index contributed by atoms with van der Waals surface area (Å²) >= 11 is 0. The molecule has 0 amide bonds. The lowest BCUT2D eigenvalue weighted by Gasteiger charge is -2.05. The predicted molar refractivity (Wildman–Crippen MR) is 85.9 cm³/mol. The van der Waals surface area contributed by atoms with Gasteiger partial charge in [0.1, 0.15) is 11.5 Å². The van der Waals surface area contributed by atoms with Crippen LogP contribution in [0.3, 0.4) is 0 Å². The van der Waals surface area contributed by atoms with Crippen LogP contribution in [0.1, 0.15) is 5.69 Å². The Kier molecular flexibility index (Phi) is 3.59. The van der Waals surface area contributed by atoms with Crippen molar-refractivity contribution in [3.8, 4) is 17.2 Å². The van der Waals surface area contributed by atoms with E-state index in [9.17, 15) is 4.39 Å². The highest BCUT2D eigenvalue weighted by molar-refractivity contribution is 5.47. The van der Waals surface area contributed by atoms with Crippen LogP contribution in [0.5, 0.6) is 0 Å². The third-order valence-electron chi connectivity index (χ3n) is 3.58. The lowest BCUT2D eigenvalue weighted by Crippen LogP contribution is -2.04. The number of hydrogen-bond acceptors (Lipinski definition) is 4. The van der Waals surface area contributed by atoms with E-state index in [-0.39, 0.29) is 5.82 Å². The fraction of sp³-hybridized carbons (Fsp3) is 0.0588. The number of imidazole rings is 1. The highest BCUT2D eigenvalue weighted by Gasteiger charge is 2.09. The fourth-order valence-electron chi connectivity index (χ4n) is 2.44. The molecular formula is C17H13FN6. The zero-order chi connectivity index (χ0) is 16.4. The molecule has 4 aromatic rings. The summed E-state index contributed by atoms with van der Waals surface area (Å²) < 4.78 is 16.7. The molecule has 118 valence electrons. The molecule has 6 nitrogen and oxygen atoms in total. The largest absolute Gasteiger partial charge is 0.324 e. The average Bonchev–Trinajstić information content (AvgIpc) is 3.26. The molecule has 0 saturated carbocycles. The topological polar surface area (TPSA) is 61.4 Å². The molecule has 4 rings (SSSR count). The highest BCUT2D eigenvalue weighted by atomic mass is 19.1. The van der Waals surface area contributed by atoms with Crippen LogP contribution in [0.25, 0.3) is 17.2 Å². The number of nitrogens with zero attached hydrogens (tertiary/aromatic N) is 6. The summed E-state index contributed by atoms with van der Waals surface area (Å²) in [7, 11) is 0. The lowest BCUT2D eigenvalue weighted by atomic mass is 10.3. The smallest absolute Gasteiger partial charge is 0.160 e. The highest BCUT2D eigenvalue weighted by Crippen LogP contribution is 2.15. The van der Waals surface area contributed by atoms with Crippen molar-refractivity contribution in [1.82, 2.24) is 29.3 Å². The summed E-state index contributed by atoms with van der Waals surface area (Å²) in [5.74, 6) is 0.470. The molecule has 0 fully saturated rings. The van der Waals surface area contributed by atoms with Crippen LogP contribution in [-0.2, 0) is 6.54 Å². The molecule has 0 unspecified atom stereocenters. The van der Waals surface area contributed by atoms with Gasteiger partial charge in [-0.1, -0.05) is 0 Å². The minimum Gasteiger partial charge on any atom is -0.324 e. The predicted octanol–water partition coefficient (Wildman–Crippen LogP) is 2.71. The van der Waals surface area contributed by atoms with Crippen LogP contribution in [0, 0.1) is 5.82 Å². The van der Waals surface area contributed by atoms with Gasteiger partial charge in [-0.3, -0.25) is 4.98 Å². The van der Waals surface area contributed by atoms with Crippen LogP contribution in [-0.4, -0.2) is 29.3 Å². The molecular weight excluding hydrogens is 307 g/mol. The third-order valence-corrected chi connectivity index (χ3v) is 3.58. The first-order valence-electron chi connectivity index (χ1n) is 7.37. The number of benzene rings is 1. The van der Waals surface area contributed by atoms with E-state index in [1.807, 2.05) is 23.0 Å². The zero-order valence-corrected chi connectivity index (χ0v) is 12.6. The van der Waals surface area contributed by atoms with Crippen molar-refractivity contribution in [3.63, 3.8) is 0 Å². The molecule has 3 aromatic heterocycles. The summed E-state index contributed by atoms with van der Waals surface area (Å²) in [5, 5.41) is 4.53. The van der Waals surface area contributed by atoms with Gasteiger partial charge in [-0.15, -0.1) is 0 Å². The van der Waals surface area contributed by atoms with E-state index in [2.05, 4.69) is 20.1 Å². The van der Waals surface area contributed by atoms with Crippen LogP contribution < -0.4 is 0 Å². The van der Waals surface area contributed by atoms with Crippen molar-refractivity contribution in [2.75, 3.05) is 0 Å². The zero-order valence-electron chi connectivity index (χ0n) is 12.6. The Bertz CT molecular complexity index is 943. The van der Waals surface area contributed by atoms with Crippen LogP contribution in [0.2, 0.25) is 0 Å². The molecule has 3 heterocycles. The van der Waals surface area contributed by atoms with Crippen molar-refractivity contribution in [2.45, 2.75) is 6.54 Å². The second kappa shape index (κ2) is 6.04. The van der Waals surface area contributed by atoms with E-state index in [4.69, 9.17) is 0 Å². The second-order valence-corrected chi connectivity index (χ2v) is 5.20. The van der Waals surface area contributed by atoms with Gasteiger partial charge in [0, 0.05) is 31.0 Å². The molecule has 0 N–H and O–H groups in total. The standard InChI is InChI=1S/C17H13FN6/c18-13-1-3-15(4-2-13)24-9-5-14(22-24)12-23-10-8-21-17(23)16-11-19-6-7-20-16/h1-11H,12H2. The van der Waals surface area contributed by atoms with Crippen molar-refractivity contribution in [3.05, 3.63) is 79.0 Å². The number of aromatic nitrogens is 6. The van der Waals surface area contributed by atoms with Crippen LogP contribution in [0.15, 0.2) is 67.5 Å². The molecule has 7 heteroatoms. The van der Waals surface area contributed by atoms with Crippen molar-refractivity contribution < 1.29 is 4.39 Å². The van der Waals surface area contributed by atoms with Gasteiger partial charge < -0.3 is 4.57 Å². The Morgan fingerprint density at radius 3 is 2.58 bits per heavy atom. The molecule has 24 heavy (non-hydrogen) atoms. The molecule has 0 radical (unpaired) electrons. The Hall–Kier alpha value is -3.35. The molecule has 0 spiro atoms. The Balaban J connectivity index is 1.59. The summed E-state index contributed by atoms with van der Waals surface area (Å²) in [4.78, 5) is 12.7. The average molecular weight is 320 g/mol. The summed E-state index contributed by atoms with van der Waals surface area (Å²) in [6.07, 6.45) is 10.4. The SMILES string of the molecule is Fc1ccc(-n2ccc(Cn3ccnc3-c3cnccn3)n2)cc1. The molecule has 0 bridgehead atoms. The normalized spacial score (nSPS) is 10.9. The number of halogens is 1. The van der Waals surface area contributed by atoms with E-state index < -0.39 is 0 Å². The van der Waals surface area contributed by atoms with Gasteiger partial charge in [0.15, 0.2) is 5.82 Å². The van der Waals surface area contributed by atoms with Gasteiger partial charge in [0.25, 0.3) is 0 Å². The summed E-state index contributed by atoms with van der Waals surface area (Å²) in [5.41, 5.74) is 2.38. The molecule has 0 saturated heterocycles. The van der Waals surface area contributed by atoms with Crippen LogP contribution >= 0.6 is 0 Å². The van der Waals surface area contributed by atoms with Crippen molar-refractivity contribution in [2.24, 2.45) is 0 Å². The Labute approximate surface area is 137 Å². The van der Waals surface area contributed by atoms with Crippen LogP contribution in [0.4, 0.5) is 4.39 Å². The Morgan fingerprint density at radius 1 is 0.917 bits per heavy atom. The van der Waals surface area contributed by atoms with Gasteiger partial charge in [0.2, 0.25) is 0 Å². The van der Waals surface area contributed by atoms with E-state index in [0.717, 1.165) is 17.2 Å². The van der Waals surface area contributed by atoms with E-state index in [1.165, 1.54) is 12.1 Å². The minimum atomic E-state index is -0.266. The molecule has 0 aliphatic carbocycles. The number of hydrogen-bond donors (Lipinski definition) is 0. The van der Waals surface area contributed by atoms with Gasteiger partial charge >= 0.3 is 0 Å². The van der Waals surface area contributed by atoms with Crippen molar-refractivity contribution >= 4 is 0 Å². The maximum absolute atomic E-state index is 13.0. The lowest BCUT2D eigenvalue weighted by molar-refractivity contribution is 0.627. The first kappa shape index (κ1) is 14.3. The minimum absolute atomic E-state index is 0.266. The van der Waals surface area contributed by atoms with E-state index in [1.54, 1.807) is 41.6 Å². The van der Waals surface area contributed by atoms with E-state index >= 15 is 0 Å². The molecule has 0 aliphatic heterocycles. The third kappa shape index (κ3) is 2.79. The second-order valence-electron chi connectivity index (χ2n) is 5.20. The first-order valence-corrected chi connectivity index (χ1v) is 7.37. The van der Waals surface area contributed by atoms with Gasteiger partial charge in [0.05, 0.1) is 24.1 Å². The van der Waals surface area contributed by atoms with Crippen molar-refractivity contribution in [1.29, 1.82) is 0 Å². The maximum Gasteiger partial charge on any atom is 0.160 e. The quantitative estimate of drug-likeness (QED) is 0.580. The summed E-state index contributed by atoms with van der Waals surface area (Å²) in [6, 6.07) is 8.13. The Morgan fingerprint density at radius 2 is 1.79 bits per heavy atom. The monoisotopic (exact) mass is 320 g/mol. The van der Waals surface area contributed by atoms with Gasteiger partial charge in [-0.2, -0.15) is 5.10 Å². The van der Waals surface area contributed by atoms with Gasteiger partial charge in [-0.25, -0.2) is 19.0 Å². The maximum atomic E-state index is 13.0. The number of rotatable bonds is 4.